The average Bonchev–Trinajstić information content (AvgIpc) is 3.43. The first-order valence-corrected chi connectivity index (χ1v) is 17.7. The van der Waals surface area contributed by atoms with Gasteiger partial charge in [-0.05, 0) is 103 Å². The van der Waals surface area contributed by atoms with Crippen molar-refractivity contribution in [2.45, 2.75) is 103 Å². The van der Waals surface area contributed by atoms with Crippen molar-refractivity contribution < 1.29 is 17.6 Å². The number of piperidine rings is 2. The van der Waals surface area contributed by atoms with Crippen molar-refractivity contribution >= 4 is 15.9 Å². The number of rotatable bonds is 8. The number of aromatic nitrogens is 2. The molecule has 5 rings (SSSR count). The molecule has 2 aromatic rings. The van der Waals surface area contributed by atoms with Crippen LogP contribution >= 0.6 is 0 Å². The summed E-state index contributed by atoms with van der Waals surface area (Å²) in [5, 5.41) is 0. The maximum Gasteiger partial charge on any atom is 0.272 e. The molecule has 2 saturated heterocycles. The van der Waals surface area contributed by atoms with Gasteiger partial charge in [-0.3, -0.25) is 4.79 Å². The fourth-order valence-electron chi connectivity index (χ4n) is 7.43. The number of amides is 1. The largest absolute Gasteiger partial charge is 0.466 e. The lowest BCUT2D eigenvalue weighted by molar-refractivity contribution is 0.0542. The molecule has 0 radical (unpaired) electrons. The van der Waals surface area contributed by atoms with E-state index in [0.717, 1.165) is 93.9 Å². The summed E-state index contributed by atoms with van der Waals surface area (Å²) in [7, 11) is -1.47. The molecule has 0 spiro atoms. The fourth-order valence-corrected chi connectivity index (χ4v) is 8.19. The van der Waals surface area contributed by atoms with Gasteiger partial charge in [0.2, 0.25) is 10.0 Å². The molecule has 3 aliphatic rings. The van der Waals surface area contributed by atoms with Gasteiger partial charge in [-0.25, -0.2) is 22.7 Å². The molecule has 9 nitrogen and oxygen atoms in total. The first kappa shape index (κ1) is 31.1. The summed E-state index contributed by atoms with van der Waals surface area (Å²) >= 11 is 0. The summed E-state index contributed by atoms with van der Waals surface area (Å²) in [6.45, 7) is 9.17. The highest BCUT2D eigenvalue weighted by Crippen LogP contribution is 2.39. The van der Waals surface area contributed by atoms with Gasteiger partial charge in [-0.1, -0.05) is 12.8 Å². The van der Waals surface area contributed by atoms with E-state index in [9.17, 15) is 13.2 Å². The molecule has 1 amide bonds. The Balaban J connectivity index is 1.14. The first-order chi connectivity index (χ1) is 20.0. The number of hydrogen-bond acceptors (Lipinski definition) is 7. The maximum absolute atomic E-state index is 13.7. The Hall–Kier alpha value is -2.30. The van der Waals surface area contributed by atoms with E-state index < -0.39 is 10.0 Å². The molecule has 42 heavy (non-hydrogen) atoms. The van der Waals surface area contributed by atoms with Crippen LogP contribution in [0, 0.1) is 26.7 Å². The summed E-state index contributed by atoms with van der Waals surface area (Å²) < 4.78 is 31.3. The zero-order valence-electron chi connectivity index (χ0n) is 26.1. The molecule has 232 valence electrons. The van der Waals surface area contributed by atoms with Crippen LogP contribution in [0.3, 0.4) is 0 Å². The lowest BCUT2D eigenvalue weighted by Crippen LogP contribution is -2.52. The average molecular weight is 600 g/mol. The molecule has 1 aliphatic carbocycles. The highest BCUT2D eigenvalue weighted by atomic mass is 32.2. The van der Waals surface area contributed by atoms with Gasteiger partial charge in [0.15, 0.2) is 0 Å². The summed E-state index contributed by atoms with van der Waals surface area (Å²) in [5.74, 6) is 3.96. The Labute approximate surface area is 252 Å². The molecular weight excluding hydrogens is 550 g/mol. The van der Waals surface area contributed by atoms with Crippen molar-refractivity contribution in [3.63, 3.8) is 0 Å². The monoisotopic (exact) mass is 599 g/mol. The van der Waals surface area contributed by atoms with Crippen LogP contribution in [0.1, 0.15) is 103 Å². The van der Waals surface area contributed by atoms with Gasteiger partial charge in [0, 0.05) is 49.4 Å². The highest BCUT2D eigenvalue weighted by Gasteiger charge is 2.33. The summed E-state index contributed by atoms with van der Waals surface area (Å²) in [5.41, 5.74) is 2.51. The molecule has 2 aromatic heterocycles. The lowest BCUT2D eigenvalue weighted by atomic mass is 9.78. The number of likely N-dealkylation sites (tertiary alicyclic amines) is 2. The molecule has 0 bridgehead atoms. The lowest BCUT2D eigenvalue weighted by Gasteiger charge is -2.43. The topological polar surface area (TPSA) is 99.9 Å². The van der Waals surface area contributed by atoms with Crippen LogP contribution in [0.4, 0.5) is 0 Å². The number of sulfonamides is 1. The zero-order valence-corrected chi connectivity index (χ0v) is 27.0. The minimum atomic E-state index is -3.16. The van der Waals surface area contributed by atoms with E-state index >= 15 is 0 Å². The molecule has 3 fully saturated rings. The van der Waals surface area contributed by atoms with Gasteiger partial charge in [-0.15, -0.1) is 0 Å². The summed E-state index contributed by atoms with van der Waals surface area (Å²) in [6, 6.07) is 4.73. The number of carbonyl (C=O) groups excluding carboxylic acids is 1. The fraction of sp³-hybridized carbons (Fsp3) is 0.719. The molecule has 1 saturated carbocycles. The van der Waals surface area contributed by atoms with E-state index in [1.165, 1.54) is 29.8 Å². The van der Waals surface area contributed by atoms with Crippen LogP contribution in [-0.4, -0.2) is 90.0 Å². The Morgan fingerprint density at radius 3 is 2.36 bits per heavy atom. The maximum atomic E-state index is 13.7. The van der Waals surface area contributed by atoms with E-state index in [-0.39, 0.29) is 11.9 Å². The molecule has 4 heterocycles. The normalized spacial score (nSPS) is 23.5. The standard InChI is InChI=1S/C32H49N5O4S/c1-22-9-12-30(41-22)26-8-6-7-25(21-26)10-11-29-23(2)31(34-24(3)33-29)32(38)37-19-15-28(16-20-37)36-17-13-27(14-18-36)35(4)42(5,39)40/h9,12,25-28H,6-8,10-11,13-21H2,1-5H3/t25-,26-/m0/s1. The summed E-state index contributed by atoms with van der Waals surface area (Å²) in [6.07, 6.45) is 11.6. The third kappa shape index (κ3) is 7.25. The number of carbonyl (C=O) groups is 1. The Kier molecular flexibility index (Phi) is 9.74. The molecule has 0 unspecified atom stereocenters. The quantitative estimate of drug-likeness (QED) is 0.427. The predicted octanol–water partition coefficient (Wildman–Crippen LogP) is 4.86. The molecule has 0 N–H and O–H groups in total. The summed E-state index contributed by atoms with van der Waals surface area (Å²) in [4.78, 5) is 27.6. The third-order valence-corrected chi connectivity index (χ3v) is 11.4. The number of hydrogen-bond donors (Lipinski definition) is 0. The Morgan fingerprint density at radius 1 is 1.00 bits per heavy atom. The second-order valence-electron chi connectivity index (χ2n) is 13.0. The molecule has 2 atom stereocenters. The van der Waals surface area contributed by atoms with Crippen molar-refractivity contribution in [3.05, 3.63) is 46.4 Å². The van der Waals surface area contributed by atoms with E-state index in [0.29, 0.717) is 29.4 Å². The van der Waals surface area contributed by atoms with Gasteiger partial charge in [-0.2, -0.15) is 0 Å². The Morgan fingerprint density at radius 2 is 1.71 bits per heavy atom. The van der Waals surface area contributed by atoms with E-state index in [4.69, 9.17) is 9.40 Å². The van der Waals surface area contributed by atoms with Crippen molar-refractivity contribution in [2.24, 2.45) is 5.92 Å². The van der Waals surface area contributed by atoms with Gasteiger partial charge in [0.1, 0.15) is 23.0 Å². The van der Waals surface area contributed by atoms with E-state index in [1.54, 1.807) is 7.05 Å². The number of aryl methyl sites for hydroxylation is 3. The van der Waals surface area contributed by atoms with Crippen molar-refractivity contribution in [2.75, 3.05) is 39.5 Å². The van der Waals surface area contributed by atoms with Gasteiger partial charge in [0.05, 0.1) is 6.26 Å². The SMILES string of the molecule is Cc1nc(CC[C@@H]2CCC[C@H](c3ccc(C)o3)C2)c(C)c(C(=O)N2CCC(N3CCC(N(C)S(C)(=O)=O)CC3)CC2)n1. The van der Waals surface area contributed by atoms with Crippen molar-refractivity contribution in [1.82, 2.24) is 24.1 Å². The van der Waals surface area contributed by atoms with Crippen molar-refractivity contribution in [3.8, 4) is 0 Å². The minimum Gasteiger partial charge on any atom is -0.466 e. The van der Waals surface area contributed by atoms with Crippen LogP contribution < -0.4 is 0 Å². The van der Waals surface area contributed by atoms with Crippen LogP contribution in [0.15, 0.2) is 16.5 Å². The second kappa shape index (κ2) is 13.1. The molecule has 2 aliphatic heterocycles. The van der Waals surface area contributed by atoms with E-state index in [1.807, 2.05) is 25.7 Å². The van der Waals surface area contributed by atoms with Crippen LogP contribution in [0.25, 0.3) is 0 Å². The third-order valence-electron chi connectivity index (χ3n) is 10.1. The predicted molar refractivity (Wildman–Crippen MR) is 164 cm³/mol. The number of furan rings is 1. The van der Waals surface area contributed by atoms with Gasteiger partial charge >= 0.3 is 0 Å². The van der Waals surface area contributed by atoms with Crippen LogP contribution in [-0.2, 0) is 16.4 Å². The van der Waals surface area contributed by atoms with Gasteiger partial charge < -0.3 is 14.2 Å². The zero-order chi connectivity index (χ0) is 30.0. The van der Waals surface area contributed by atoms with Crippen LogP contribution in [0.2, 0.25) is 0 Å². The highest BCUT2D eigenvalue weighted by molar-refractivity contribution is 7.88. The smallest absolute Gasteiger partial charge is 0.272 e. The molecule has 10 heteroatoms. The number of nitrogens with zero attached hydrogens (tertiary/aromatic N) is 5. The first-order valence-electron chi connectivity index (χ1n) is 15.9. The second-order valence-corrected chi connectivity index (χ2v) is 15.0. The van der Waals surface area contributed by atoms with Crippen LogP contribution in [0.5, 0.6) is 0 Å². The van der Waals surface area contributed by atoms with E-state index in [2.05, 4.69) is 22.0 Å². The Bertz CT molecular complexity index is 1340. The van der Waals surface area contributed by atoms with Crippen molar-refractivity contribution in [1.29, 1.82) is 0 Å². The minimum absolute atomic E-state index is 0.0251. The molecular formula is C32H49N5O4S. The molecule has 0 aromatic carbocycles. The van der Waals surface area contributed by atoms with Gasteiger partial charge in [0.25, 0.3) is 5.91 Å².